The van der Waals surface area contributed by atoms with Crippen LogP contribution >= 0.6 is 22.7 Å². The zero-order valence-corrected chi connectivity index (χ0v) is 17.8. The van der Waals surface area contributed by atoms with Crippen molar-refractivity contribution >= 4 is 39.5 Å². The van der Waals surface area contributed by atoms with Crippen LogP contribution < -0.4 is 4.90 Å². The molecule has 0 saturated carbocycles. The molecule has 0 radical (unpaired) electrons. The summed E-state index contributed by atoms with van der Waals surface area (Å²) in [6.07, 6.45) is 0.511. The van der Waals surface area contributed by atoms with Crippen molar-refractivity contribution in [2.24, 2.45) is 0 Å². The molecule has 1 aliphatic rings. The van der Waals surface area contributed by atoms with Crippen LogP contribution in [0.1, 0.15) is 28.8 Å². The third-order valence-corrected chi connectivity index (χ3v) is 7.01. The molecular weight excluding hydrogens is 404 g/mol. The van der Waals surface area contributed by atoms with Crippen molar-refractivity contribution in [1.29, 1.82) is 0 Å². The van der Waals surface area contributed by atoms with Crippen LogP contribution in [0.15, 0.2) is 41.8 Å². The third kappa shape index (κ3) is 4.71. The monoisotopic (exact) mass is 426 g/mol. The van der Waals surface area contributed by atoms with Gasteiger partial charge < -0.3 is 9.80 Å². The lowest BCUT2D eigenvalue weighted by atomic mass is 10.0. The maximum atomic E-state index is 12.5. The first kappa shape index (κ1) is 19.7. The molecule has 0 aliphatic carbocycles. The third-order valence-electron chi connectivity index (χ3n) is 4.99. The molecule has 3 aromatic rings. The van der Waals surface area contributed by atoms with Gasteiger partial charge in [0.05, 0.1) is 4.88 Å². The number of amides is 1. The standard InChI is InChI=1S/C21H22N4O2S2/c1-15-4-6-16(7-5-15)17(26)8-9-19(27)24-10-12-25(13-11-24)21-23-22-20(29-21)18-3-2-14-28-18/h2-7,14H,8-13H2,1H3. The number of anilines is 1. The molecule has 0 N–H and O–H groups in total. The van der Waals surface area contributed by atoms with Gasteiger partial charge in [-0.1, -0.05) is 47.2 Å². The minimum atomic E-state index is 0.0203. The molecule has 0 atom stereocenters. The molecule has 1 aliphatic heterocycles. The molecule has 1 amide bonds. The number of piperazine rings is 1. The molecular formula is C21H22N4O2S2. The maximum Gasteiger partial charge on any atom is 0.223 e. The number of ketones is 1. The maximum absolute atomic E-state index is 12.5. The van der Waals surface area contributed by atoms with E-state index in [1.54, 1.807) is 22.7 Å². The van der Waals surface area contributed by atoms with E-state index in [-0.39, 0.29) is 24.5 Å². The lowest BCUT2D eigenvalue weighted by Gasteiger charge is -2.34. The minimum Gasteiger partial charge on any atom is -0.343 e. The van der Waals surface area contributed by atoms with Crippen LogP contribution in [0.5, 0.6) is 0 Å². The molecule has 1 aromatic carbocycles. The molecule has 1 saturated heterocycles. The summed E-state index contributed by atoms with van der Waals surface area (Å²) in [7, 11) is 0. The van der Waals surface area contributed by atoms with Crippen molar-refractivity contribution in [3.8, 4) is 9.88 Å². The van der Waals surface area contributed by atoms with E-state index in [1.165, 1.54) is 0 Å². The number of nitrogens with zero attached hydrogens (tertiary/aromatic N) is 4. The van der Waals surface area contributed by atoms with Gasteiger partial charge in [0.1, 0.15) is 0 Å². The second kappa shape index (κ2) is 8.84. The molecule has 6 nitrogen and oxygen atoms in total. The van der Waals surface area contributed by atoms with Gasteiger partial charge in [-0.15, -0.1) is 21.5 Å². The summed E-state index contributed by atoms with van der Waals surface area (Å²) < 4.78 is 0. The Morgan fingerprint density at radius 1 is 1.00 bits per heavy atom. The Bertz CT molecular complexity index is 975. The Kier molecular flexibility index (Phi) is 6.01. The number of hydrogen-bond donors (Lipinski definition) is 0. The van der Waals surface area contributed by atoms with Crippen LogP contribution in [0.4, 0.5) is 5.13 Å². The van der Waals surface area contributed by atoms with Crippen LogP contribution in [0.3, 0.4) is 0 Å². The lowest BCUT2D eigenvalue weighted by molar-refractivity contribution is -0.131. The topological polar surface area (TPSA) is 66.4 Å². The van der Waals surface area contributed by atoms with E-state index >= 15 is 0 Å². The molecule has 0 spiro atoms. The van der Waals surface area contributed by atoms with Crippen molar-refractivity contribution < 1.29 is 9.59 Å². The molecule has 3 heterocycles. The average Bonchev–Trinajstić information content (AvgIpc) is 3.44. The largest absolute Gasteiger partial charge is 0.343 e. The summed E-state index contributed by atoms with van der Waals surface area (Å²) in [5.74, 6) is 0.0635. The molecule has 1 fully saturated rings. The van der Waals surface area contributed by atoms with E-state index in [0.29, 0.717) is 18.7 Å². The first-order chi connectivity index (χ1) is 14.1. The number of carbonyl (C=O) groups is 2. The number of aryl methyl sites for hydroxylation is 1. The zero-order chi connectivity index (χ0) is 20.2. The Morgan fingerprint density at radius 2 is 1.76 bits per heavy atom. The van der Waals surface area contributed by atoms with E-state index in [9.17, 15) is 9.59 Å². The molecule has 0 unspecified atom stereocenters. The first-order valence-electron chi connectivity index (χ1n) is 9.60. The number of Topliss-reactive ketones (excluding diaryl/α,β-unsaturated/α-hetero) is 1. The summed E-state index contributed by atoms with van der Waals surface area (Å²) >= 11 is 3.24. The second-order valence-electron chi connectivity index (χ2n) is 7.02. The fraction of sp³-hybridized carbons (Fsp3) is 0.333. The fourth-order valence-electron chi connectivity index (χ4n) is 3.25. The fourth-order valence-corrected chi connectivity index (χ4v) is 4.94. The van der Waals surface area contributed by atoms with E-state index in [1.807, 2.05) is 53.6 Å². The van der Waals surface area contributed by atoms with Gasteiger partial charge >= 0.3 is 0 Å². The molecule has 2 aromatic heterocycles. The summed E-state index contributed by atoms with van der Waals surface area (Å²) in [5.41, 5.74) is 1.79. The van der Waals surface area contributed by atoms with Gasteiger partial charge in [-0.05, 0) is 18.4 Å². The van der Waals surface area contributed by atoms with Crippen LogP contribution in [0.2, 0.25) is 0 Å². The van der Waals surface area contributed by atoms with Gasteiger partial charge in [0, 0.05) is 44.6 Å². The van der Waals surface area contributed by atoms with Crippen molar-refractivity contribution in [2.45, 2.75) is 19.8 Å². The quantitative estimate of drug-likeness (QED) is 0.560. The number of carbonyl (C=O) groups excluding carboxylic acids is 2. The van der Waals surface area contributed by atoms with Gasteiger partial charge in [0.25, 0.3) is 0 Å². The van der Waals surface area contributed by atoms with Crippen LogP contribution in [0.25, 0.3) is 9.88 Å². The number of aromatic nitrogens is 2. The molecule has 29 heavy (non-hydrogen) atoms. The molecule has 4 rings (SSSR count). The molecule has 150 valence electrons. The number of benzene rings is 1. The Hall–Kier alpha value is -2.58. The first-order valence-corrected chi connectivity index (χ1v) is 11.3. The summed E-state index contributed by atoms with van der Waals surface area (Å²) in [6, 6.07) is 11.6. The van der Waals surface area contributed by atoms with Crippen molar-refractivity contribution in [3.63, 3.8) is 0 Å². The van der Waals surface area contributed by atoms with Gasteiger partial charge in [-0.3, -0.25) is 9.59 Å². The molecule has 0 bridgehead atoms. The second-order valence-corrected chi connectivity index (χ2v) is 8.93. The number of rotatable bonds is 6. The molecule has 8 heteroatoms. The van der Waals surface area contributed by atoms with Gasteiger partial charge in [-0.25, -0.2) is 0 Å². The van der Waals surface area contributed by atoms with E-state index in [4.69, 9.17) is 0 Å². The summed E-state index contributed by atoms with van der Waals surface area (Å²) in [5, 5.41) is 12.5. The predicted molar refractivity (Wildman–Crippen MR) is 117 cm³/mol. The Labute approximate surface area is 177 Å². The van der Waals surface area contributed by atoms with Crippen molar-refractivity contribution in [1.82, 2.24) is 15.1 Å². The van der Waals surface area contributed by atoms with Crippen molar-refractivity contribution in [3.05, 3.63) is 52.9 Å². The Balaban J connectivity index is 1.26. The van der Waals surface area contributed by atoms with E-state index in [2.05, 4.69) is 15.1 Å². The zero-order valence-electron chi connectivity index (χ0n) is 16.2. The van der Waals surface area contributed by atoms with Crippen molar-refractivity contribution in [2.75, 3.05) is 31.1 Å². The predicted octanol–water partition coefficient (Wildman–Crippen LogP) is 3.89. The smallest absolute Gasteiger partial charge is 0.223 e. The van der Waals surface area contributed by atoms with E-state index < -0.39 is 0 Å². The van der Waals surface area contributed by atoms with Crippen LogP contribution in [-0.4, -0.2) is 53.0 Å². The Morgan fingerprint density at radius 3 is 2.45 bits per heavy atom. The van der Waals surface area contributed by atoms with Gasteiger partial charge in [0.2, 0.25) is 11.0 Å². The highest BCUT2D eigenvalue weighted by Gasteiger charge is 2.24. The van der Waals surface area contributed by atoms with Gasteiger partial charge in [0.15, 0.2) is 10.8 Å². The minimum absolute atomic E-state index is 0.0203. The average molecular weight is 427 g/mol. The summed E-state index contributed by atoms with van der Waals surface area (Å²) in [6.45, 7) is 4.74. The van der Waals surface area contributed by atoms with E-state index in [0.717, 1.165) is 33.7 Å². The number of hydrogen-bond acceptors (Lipinski definition) is 7. The summed E-state index contributed by atoms with van der Waals surface area (Å²) in [4.78, 5) is 30.0. The normalized spacial score (nSPS) is 14.2. The lowest BCUT2D eigenvalue weighted by Crippen LogP contribution is -2.48. The van der Waals surface area contributed by atoms with Gasteiger partial charge in [-0.2, -0.15) is 0 Å². The SMILES string of the molecule is Cc1ccc(C(=O)CCC(=O)N2CCN(c3nnc(-c4cccs4)s3)CC2)cc1. The highest BCUT2D eigenvalue weighted by atomic mass is 32.1. The highest BCUT2D eigenvalue weighted by Crippen LogP contribution is 2.31. The van der Waals surface area contributed by atoms with Crippen LogP contribution in [0, 0.1) is 6.92 Å². The number of thiophene rings is 1. The highest BCUT2D eigenvalue weighted by molar-refractivity contribution is 7.22. The van der Waals surface area contributed by atoms with Crippen LogP contribution in [-0.2, 0) is 4.79 Å².